The number of aryl methyl sites for hydroxylation is 2. The van der Waals surface area contributed by atoms with E-state index in [9.17, 15) is 44.9 Å². The standard InChI is InChI=1S/C36H24N18O8/c1-15-27(45-47-31-21(12-37)13-41-51(31)22-8-17(33(55)56)6-18(9-22)34(57)58)29(38)53(49-15)25-4-5-26(44-43-25)54-30(39)28(16(2)50-54)46-48-32-24(40-3)14-42-52(32)23-10-19(35(59)60)7-20(11-23)36(61)62/h4-11,13-14H,38-39H2,1-2H3,(H,55,56)(H,57,58)(H,59,60)(H,61,62). The van der Waals surface area contributed by atoms with Crippen LogP contribution in [0, 0.1) is 31.8 Å². The Balaban J connectivity index is 1.17. The fourth-order valence-electron chi connectivity index (χ4n) is 5.77. The largest absolute Gasteiger partial charge is 0.478 e. The zero-order valence-corrected chi connectivity index (χ0v) is 31.5. The van der Waals surface area contributed by atoms with Crippen molar-refractivity contribution in [1.29, 1.82) is 5.26 Å². The fourth-order valence-corrected chi connectivity index (χ4v) is 5.77. The molecule has 0 radical (unpaired) electrons. The van der Waals surface area contributed by atoms with E-state index in [1.54, 1.807) is 13.8 Å². The van der Waals surface area contributed by atoms with E-state index in [0.717, 1.165) is 58.2 Å². The quantitative estimate of drug-likeness (QED) is 0.0692. The number of carboxylic acid groups (broad SMARTS) is 4. The normalized spacial score (nSPS) is 11.2. The first-order chi connectivity index (χ1) is 29.6. The lowest BCUT2D eigenvalue weighted by molar-refractivity contribution is 0.0676. The fraction of sp³-hybridized carbons (Fsp3) is 0.0556. The Morgan fingerprint density at radius 1 is 0.645 bits per heavy atom. The van der Waals surface area contributed by atoms with E-state index in [4.69, 9.17) is 18.0 Å². The van der Waals surface area contributed by atoms with Gasteiger partial charge < -0.3 is 31.9 Å². The number of nitrogen functional groups attached to an aromatic ring is 2. The predicted octanol–water partition coefficient (Wildman–Crippen LogP) is 5.05. The second kappa shape index (κ2) is 15.8. The van der Waals surface area contributed by atoms with Crippen LogP contribution >= 0.6 is 0 Å². The maximum absolute atomic E-state index is 11.7. The zero-order valence-electron chi connectivity index (χ0n) is 31.5. The van der Waals surface area contributed by atoms with Crippen molar-refractivity contribution in [3.8, 4) is 29.1 Å². The third-order valence-electron chi connectivity index (χ3n) is 8.71. The molecule has 0 aliphatic carbocycles. The van der Waals surface area contributed by atoms with E-state index in [2.05, 4.69) is 55.9 Å². The smallest absolute Gasteiger partial charge is 0.335 e. The van der Waals surface area contributed by atoms with Crippen molar-refractivity contribution in [1.82, 2.24) is 49.3 Å². The first-order valence-corrected chi connectivity index (χ1v) is 17.2. The van der Waals surface area contributed by atoms with Crippen LogP contribution in [-0.4, -0.2) is 93.6 Å². The summed E-state index contributed by atoms with van der Waals surface area (Å²) in [4.78, 5) is 50.2. The number of aromatic carboxylic acids is 4. The van der Waals surface area contributed by atoms with Crippen LogP contribution in [0.15, 0.2) is 81.4 Å². The molecule has 0 fully saturated rings. The first kappa shape index (κ1) is 40.2. The molecule has 0 amide bonds. The number of aromatic nitrogens is 10. The van der Waals surface area contributed by atoms with Gasteiger partial charge in [-0.25, -0.2) is 33.4 Å². The minimum absolute atomic E-state index is 0.0102. The van der Waals surface area contributed by atoms with Gasteiger partial charge in [-0.05, 0) is 62.4 Å². The van der Waals surface area contributed by atoms with Crippen LogP contribution in [-0.2, 0) is 0 Å². The second-order valence-electron chi connectivity index (χ2n) is 12.7. The van der Waals surface area contributed by atoms with E-state index >= 15 is 0 Å². The van der Waals surface area contributed by atoms with Gasteiger partial charge in [-0.3, -0.25) is 0 Å². The molecule has 2 aromatic carbocycles. The second-order valence-corrected chi connectivity index (χ2v) is 12.7. The van der Waals surface area contributed by atoms with Crippen LogP contribution in [0.4, 0.5) is 40.3 Å². The van der Waals surface area contributed by atoms with Gasteiger partial charge in [-0.15, -0.1) is 30.7 Å². The Bertz CT molecular complexity index is 2900. The van der Waals surface area contributed by atoms with Gasteiger partial charge in [0.1, 0.15) is 11.6 Å². The highest BCUT2D eigenvalue weighted by Crippen LogP contribution is 2.36. The Morgan fingerprint density at radius 3 is 1.44 bits per heavy atom. The molecule has 62 heavy (non-hydrogen) atoms. The zero-order chi connectivity index (χ0) is 44.6. The number of anilines is 2. The number of hydrogen-bond donors (Lipinski definition) is 6. The summed E-state index contributed by atoms with van der Waals surface area (Å²) in [7, 11) is 0. The van der Waals surface area contributed by atoms with Crippen molar-refractivity contribution >= 4 is 64.2 Å². The van der Waals surface area contributed by atoms with Crippen molar-refractivity contribution in [3.05, 3.63) is 112 Å². The molecule has 8 N–H and O–H groups in total. The van der Waals surface area contributed by atoms with Crippen LogP contribution in [0.5, 0.6) is 0 Å². The molecule has 5 aromatic heterocycles. The number of nitrogens with two attached hydrogens (primary N) is 2. The summed E-state index contributed by atoms with van der Waals surface area (Å²) in [5.74, 6) is -5.75. The molecule has 0 bridgehead atoms. The maximum Gasteiger partial charge on any atom is 0.335 e. The number of carbonyl (C=O) groups is 4. The summed E-state index contributed by atoms with van der Waals surface area (Å²) in [5, 5.41) is 89.9. The van der Waals surface area contributed by atoms with Crippen LogP contribution in [0.3, 0.4) is 0 Å². The van der Waals surface area contributed by atoms with Crippen molar-refractivity contribution in [2.24, 2.45) is 20.5 Å². The first-order valence-electron chi connectivity index (χ1n) is 17.2. The third kappa shape index (κ3) is 7.33. The Morgan fingerprint density at radius 2 is 1.05 bits per heavy atom. The molecule has 26 nitrogen and oxygen atoms in total. The number of nitriles is 1. The van der Waals surface area contributed by atoms with Gasteiger partial charge in [0, 0.05) is 0 Å². The molecule has 7 aromatic rings. The minimum atomic E-state index is -1.39. The van der Waals surface area contributed by atoms with Crippen molar-refractivity contribution in [2.75, 3.05) is 11.5 Å². The lowest BCUT2D eigenvalue weighted by atomic mass is 10.1. The molecule has 0 saturated heterocycles. The molecule has 0 spiro atoms. The van der Waals surface area contributed by atoms with Gasteiger partial charge in [-0.1, -0.05) is 0 Å². The maximum atomic E-state index is 11.7. The summed E-state index contributed by atoms with van der Waals surface area (Å²) in [5.41, 5.74) is 11.9. The predicted molar refractivity (Wildman–Crippen MR) is 209 cm³/mol. The van der Waals surface area contributed by atoms with Crippen LogP contribution < -0.4 is 11.5 Å². The van der Waals surface area contributed by atoms with E-state index < -0.39 is 23.9 Å². The highest BCUT2D eigenvalue weighted by Gasteiger charge is 2.22. The number of carboxylic acids is 4. The summed E-state index contributed by atoms with van der Waals surface area (Å²) in [6, 6.07) is 11.4. The van der Waals surface area contributed by atoms with Gasteiger partial charge in [-0.2, -0.15) is 35.0 Å². The van der Waals surface area contributed by atoms with Gasteiger partial charge in [0.2, 0.25) is 0 Å². The highest BCUT2D eigenvalue weighted by atomic mass is 16.4. The van der Waals surface area contributed by atoms with Crippen LogP contribution in [0.1, 0.15) is 58.4 Å². The van der Waals surface area contributed by atoms with Crippen LogP contribution in [0.25, 0.3) is 27.9 Å². The number of benzene rings is 2. The topological polar surface area (TPSA) is 376 Å². The van der Waals surface area contributed by atoms with E-state index in [1.165, 1.54) is 21.5 Å². The van der Waals surface area contributed by atoms with Gasteiger partial charge in [0.05, 0.1) is 64.0 Å². The van der Waals surface area contributed by atoms with Gasteiger partial charge in [0.15, 0.2) is 46.3 Å². The molecule has 0 aliphatic rings. The lowest BCUT2D eigenvalue weighted by Crippen LogP contribution is -2.09. The SMILES string of the molecule is [C-]#[N+]c1cnn(-c2cc(C(=O)O)cc(C(=O)O)c2)c1N=Nc1c(C)nn(-c2ccc(-n3nc(C)c(N=Nc4c(C#N)cnn4-c4cc(C(=O)O)cc(C(=O)O)c4)c3N)nn2)c1N. The van der Waals surface area contributed by atoms with Crippen LogP contribution in [0.2, 0.25) is 0 Å². The average Bonchev–Trinajstić information content (AvgIpc) is 4.01. The summed E-state index contributed by atoms with van der Waals surface area (Å²) < 4.78 is 4.53. The van der Waals surface area contributed by atoms with E-state index in [-0.39, 0.29) is 103 Å². The van der Waals surface area contributed by atoms with Gasteiger partial charge >= 0.3 is 23.9 Å². The molecule has 0 aliphatic heterocycles. The summed E-state index contributed by atoms with van der Waals surface area (Å²) in [6.07, 6.45) is 2.29. The summed E-state index contributed by atoms with van der Waals surface area (Å²) in [6.45, 7) is 10.7. The minimum Gasteiger partial charge on any atom is -0.478 e. The molecular formula is C36H24N18O8. The molecule has 0 atom stereocenters. The molecule has 5 heterocycles. The Hall–Kier alpha value is -9.98. The Labute approximate surface area is 344 Å². The number of rotatable bonds is 12. The average molecular weight is 837 g/mol. The molecule has 7 rings (SSSR count). The van der Waals surface area contributed by atoms with Crippen molar-refractivity contribution in [3.63, 3.8) is 0 Å². The molecular weight excluding hydrogens is 813 g/mol. The third-order valence-corrected chi connectivity index (χ3v) is 8.71. The molecule has 26 heteroatoms. The number of nitrogens with zero attached hydrogens (tertiary/aromatic N) is 16. The summed E-state index contributed by atoms with van der Waals surface area (Å²) >= 11 is 0. The highest BCUT2D eigenvalue weighted by molar-refractivity contribution is 5.96. The van der Waals surface area contributed by atoms with E-state index in [0.29, 0.717) is 0 Å². The number of azo groups is 2. The lowest BCUT2D eigenvalue weighted by Gasteiger charge is -2.07. The monoisotopic (exact) mass is 836 g/mol. The Kier molecular flexibility index (Phi) is 10.2. The van der Waals surface area contributed by atoms with E-state index in [1.807, 2.05) is 6.07 Å². The molecule has 0 saturated carbocycles. The van der Waals surface area contributed by atoms with Gasteiger partial charge in [0.25, 0.3) is 5.69 Å². The molecule has 306 valence electrons. The van der Waals surface area contributed by atoms with Crippen molar-refractivity contribution in [2.45, 2.75) is 13.8 Å². The molecule has 0 unspecified atom stereocenters. The van der Waals surface area contributed by atoms with Crippen molar-refractivity contribution < 1.29 is 39.6 Å². The number of hydrogen-bond acceptors (Lipinski definition) is 17.